The van der Waals surface area contributed by atoms with Crippen molar-refractivity contribution >= 4 is 40.2 Å². The second-order valence-electron chi connectivity index (χ2n) is 4.20. The van der Waals surface area contributed by atoms with E-state index >= 15 is 0 Å². The molecule has 8 heteroatoms. The summed E-state index contributed by atoms with van der Waals surface area (Å²) in [5.74, 6) is -0.338. The molecule has 0 saturated carbocycles. The first-order valence-electron chi connectivity index (χ1n) is 6.57. The van der Waals surface area contributed by atoms with Gasteiger partial charge in [0.25, 0.3) is 5.88 Å². The summed E-state index contributed by atoms with van der Waals surface area (Å²) in [6.45, 7) is 1.67. The molecule has 0 unspecified atom stereocenters. The normalized spacial score (nSPS) is 10.3. The first-order valence-corrected chi connectivity index (χ1v) is 8.02. The van der Waals surface area contributed by atoms with E-state index in [1.165, 1.54) is 12.3 Å². The van der Waals surface area contributed by atoms with Crippen molar-refractivity contribution in [2.24, 2.45) is 0 Å². The molecule has 0 aliphatic heterocycles. The minimum Gasteiger partial charge on any atom is -0.463 e. The molecule has 0 bridgehead atoms. The van der Waals surface area contributed by atoms with Gasteiger partial charge < -0.3 is 14.2 Å². The van der Waals surface area contributed by atoms with Crippen LogP contribution in [0.4, 0.5) is 4.39 Å². The van der Waals surface area contributed by atoms with Crippen LogP contribution in [0.5, 0.6) is 17.4 Å². The summed E-state index contributed by atoms with van der Waals surface area (Å²) < 4.78 is 29.5. The number of rotatable bonds is 6. The molecule has 122 valence electrons. The topological polar surface area (TPSA) is 57.7 Å². The van der Waals surface area contributed by atoms with E-state index in [1.54, 1.807) is 19.1 Å². The van der Waals surface area contributed by atoms with Crippen LogP contribution >= 0.6 is 34.2 Å². The third kappa shape index (κ3) is 4.93. The maximum Gasteiger partial charge on any atom is 0.344 e. The van der Waals surface area contributed by atoms with Gasteiger partial charge in [-0.05, 0) is 53.8 Å². The summed E-state index contributed by atoms with van der Waals surface area (Å²) >= 11 is 7.80. The highest BCUT2D eigenvalue weighted by Crippen LogP contribution is 2.35. The fourth-order valence-corrected chi connectivity index (χ4v) is 2.22. The van der Waals surface area contributed by atoms with Crippen molar-refractivity contribution in [1.29, 1.82) is 0 Å². The third-order valence-electron chi connectivity index (χ3n) is 2.56. The standard InChI is InChI=1S/C15H12ClFINO4/c1-2-21-14(20)8-22-15-12(4-3-5-19-15)23-13-7-11(18)10(17)6-9(13)16/h3-7H,2,8H2,1H3. The molecule has 0 aliphatic rings. The first-order chi connectivity index (χ1) is 11.0. The zero-order valence-corrected chi connectivity index (χ0v) is 14.9. The lowest BCUT2D eigenvalue weighted by molar-refractivity contribution is -0.145. The molecule has 23 heavy (non-hydrogen) atoms. The molecule has 2 rings (SSSR count). The molecule has 1 aromatic heterocycles. The Kier molecular flexibility index (Phi) is 6.40. The fourth-order valence-electron chi connectivity index (χ4n) is 1.59. The van der Waals surface area contributed by atoms with E-state index in [1.807, 2.05) is 22.6 Å². The number of hydrogen-bond donors (Lipinski definition) is 0. The van der Waals surface area contributed by atoms with Crippen molar-refractivity contribution in [3.63, 3.8) is 0 Å². The van der Waals surface area contributed by atoms with Crippen LogP contribution in [0.3, 0.4) is 0 Å². The van der Waals surface area contributed by atoms with Gasteiger partial charge in [-0.15, -0.1) is 0 Å². The lowest BCUT2D eigenvalue weighted by Gasteiger charge is -2.12. The Morgan fingerprint density at radius 3 is 2.91 bits per heavy atom. The van der Waals surface area contributed by atoms with Crippen molar-refractivity contribution in [3.05, 3.63) is 44.9 Å². The van der Waals surface area contributed by atoms with E-state index in [-0.39, 0.29) is 35.6 Å². The number of carbonyl (C=O) groups excluding carboxylic acids is 1. The molecule has 0 N–H and O–H groups in total. The Morgan fingerprint density at radius 1 is 1.39 bits per heavy atom. The molecule has 0 saturated heterocycles. The van der Waals surface area contributed by atoms with Gasteiger partial charge >= 0.3 is 5.97 Å². The number of ether oxygens (including phenoxy) is 3. The predicted octanol–water partition coefficient (Wildman–Crippen LogP) is 4.21. The van der Waals surface area contributed by atoms with Gasteiger partial charge in [-0.2, -0.15) is 0 Å². The largest absolute Gasteiger partial charge is 0.463 e. The molecule has 0 atom stereocenters. The van der Waals surface area contributed by atoms with E-state index in [4.69, 9.17) is 25.8 Å². The molecule has 0 aliphatic carbocycles. The van der Waals surface area contributed by atoms with Gasteiger partial charge in [0.1, 0.15) is 11.6 Å². The van der Waals surface area contributed by atoms with E-state index in [9.17, 15) is 9.18 Å². The molecular formula is C15H12ClFINO4. The monoisotopic (exact) mass is 451 g/mol. The van der Waals surface area contributed by atoms with E-state index in [0.717, 1.165) is 6.07 Å². The number of hydrogen-bond acceptors (Lipinski definition) is 5. The minimum absolute atomic E-state index is 0.107. The molecule has 5 nitrogen and oxygen atoms in total. The summed E-state index contributed by atoms with van der Waals surface area (Å²) in [7, 11) is 0. The summed E-state index contributed by atoms with van der Waals surface area (Å²) in [6, 6.07) is 5.85. The number of aromatic nitrogens is 1. The highest BCUT2D eigenvalue weighted by atomic mass is 127. The maximum absolute atomic E-state index is 13.4. The molecule has 0 radical (unpaired) electrons. The molecular weight excluding hydrogens is 440 g/mol. The van der Waals surface area contributed by atoms with Crippen molar-refractivity contribution < 1.29 is 23.4 Å². The molecule has 1 aromatic carbocycles. The van der Waals surface area contributed by atoms with Crippen molar-refractivity contribution in [2.75, 3.05) is 13.2 Å². The van der Waals surface area contributed by atoms with Crippen molar-refractivity contribution in [1.82, 2.24) is 4.98 Å². The Hall–Kier alpha value is -1.61. The maximum atomic E-state index is 13.4. The van der Waals surface area contributed by atoms with Crippen LogP contribution in [0.2, 0.25) is 5.02 Å². The number of nitrogens with zero attached hydrogens (tertiary/aromatic N) is 1. The van der Waals surface area contributed by atoms with E-state index < -0.39 is 11.8 Å². The van der Waals surface area contributed by atoms with Crippen LogP contribution < -0.4 is 9.47 Å². The second-order valence-corrected chi connectivity index (χ2v) is 5.77. The van der Waals surface area contributed by atoms with Crippen molar-refractivity contribution in [3.8, 4) is 17.4 Å². The van der Waals surface area contributed by atoms with Crippen LogP contribution in [0, 0.1) is 9.39 Å². The molecule has 0 fully saturated rings. The zero-order chi connectivity index (χ0) is 16.8. The van der Waals surface area contributed by atoms with Gasteiger partial charge in [0, 0.05) is 6.20 Å². The molecule has 0 spiro atoms. The quantitative estimate of drug-likeness (QED) is 0.374. The Bertz CT molecular complexity index is 714. The van der Waals surface area contributed by atoms with Gasteiger partial charge in [-0.25, -0.2) is 14.2 Å². The smallest absolute Gasteiger partial charge is 0.344 e. The summed E-state index contributed by atoms with van der Waals surface area (Å²) in [5, 5.41) is 0.114. The lowest BCUT2D eigenvalue weighted by Crippen LogP contribution is -2.15. The lowest BCUT2D eigenvalue weighted by atomic mass is 10.3. The fraction of sp³-hybridized carbons (Fsp3) is 0.200. The average Bonchev–Trinajstić information content (AvgIpc) is 2.52. The van der Waals surface area contributed by atoms with Crippen molar-refractivity contribution in [2.45, 2.75) is 6.92 Å². The number of pyridine rings is 1. The van der Waals surface area contributed by atoms with Gasteiger partial charge in [0.2, 0.25) is 0 Å². The second kappa shape index (κ2) is 8.30. The van der Waals surface area contributed by atoms with E-state index in [0.29, 0.717) is 3.57 Å². The molecule has 0 amide bonds. The Labute approximate surface area is 150 Å². The summed E-state index contributed by atoms with van der Waals surface area (Å²) in [5.41, 5.74) is 0. The first kappa shape index (κ1) is 17.7. The average molecular weight is 452 g/mol. The van der Waals surface area contributed by atoms with Gasteiger partial charge in [-0.3, -0.25) is 0 Å². The van der Waals surface area contributed by atoms with E-state index in [2.05, 4.69) is 4.98 Å². The SMILES string of the molecule is CCOC(=O)COc1ncccc1Oc1cc(I)c(F)cc1Cl. The van der Waals surface area contributed by atoms with Crippen LogP contribution in [0.1, 0.15) is 6.92 Å². The predicted molar refractivity (Wildman–Crippen MR) is 90.6 cm³/mol. The zero-order valence-electron chi connectivity index (χ0n) is 12.0. The molecule has 2 aromatic rings. The summed E-state index contributed by atoms with van der Waals surface area (Å²) in [6.07, 6.45) is 1.49. The number of carbonyl (C=O) groups is 1. The minimum atomic E-state index is -0.515. The van der Waals surface area contributed by atoms with Gasteiger partial charge in [-0.1, -0.05) is 11.6 Å². The van der Waals surface area contributed by atoms with Crippen LogP contribution in [-0.2, 0) is 9.53 Å². The van der Waals surface area contributed by atoms with Gasteiger partial charge in [0.05, 0.1) is 15.2 Å². The highest BCUT2D eigenvalue weighted by Gasteiger charge is 2.14. The van der Waals surface area contributed by atoms with Gasteiger partial charge in [0.15, 0.2) is 12.4 Å². The Balaban J connectivity index is 2.17. The third-order valence-corrected chi connectivity index (χ3v) is 3.69. The number of benzene rings is 1. The highest BCUT2D eigenvalue weighted by molar-refractivity contribution is 14.1. The molecule has 1 heterocycles. The Morgan fingerprint density at radius 2 is 2.17 bits per heavy atom. The van der Waals surface area contributed by atoms with Crippen LogP contribution in [0.25, 0.3) is 0 Å². The summed E-state index contributed by atoms with van der Waals surface area (Å²) in [4.78, 5) is 15.3. The number of halogens is 3. The van der Waals surface area contributed by atoms with Crippen LogP contribution in [0.15, 0.2) is 30.5 Å². The van der Waals surface area contributed by atoms with Crippen LogP contribution in [-0.4, -0.2) is 24.2 Å². The number of esters is 1.